The van der Waals surface area contributed by atoms with E-state index in [-0.39, 0.29) is 11.4 Å². The van der Waals surface area contributed by atoms with Gasteiger partial charge < -0.3 is 5.11 Å². The van der Waals surface area contributed by atoms with Crippen molar-refractivity contribution in [2.45, 2.75) is 20.8 Å². The highest BCUT2D eigenvalue weighted by atomic mass is 16.3. The highest BCUT2D eigenvalue weighted by Crippen LogP contribution is 2.27. The molecule has 4 aromatic rings. The number of aromatic nitrogens is 2. The molecule has 5 heteroatoms. The third-order valence-corrected chi connectivity index (χ3v) is 5.08. The van der Waals surface area contributed by atoms with Gasteiger partial charge in [-0.2, -0.15) is 0 Å². The normalized spacial score (nSPS) is 11.4. The zero-order valence-corrected chi connectivity index (χ0v) is 16.5. The van der Waals surface area contributed by atoms with E-state index in [0.717, 1.165) is 16.7 Å². The van der Waals surface area contributed by atoms with E-state index < -0.39 is 0 Å². The number of benzene rings is 2. The molecule has 0 bridgehead atoms. The van der Waals surface area contributed by atoms with Crippen molar-refractivity contribution in [2.24, 2.45) is 4.99 Å². The lowest BCUT2D eigenvalue weighted by molar-refractivity contribution is 0.436. The van der Waals surface area contributed by atoms with Crippen LogP contribution in [0, 0.1) is 20.8 Å². The number of hydrogen-bond donors (Lipinski definition) is 1. The Balaban J connectivity index is 1.98. The zero-order chi connectivity index (χ0) is 20.5. The summed E-state index contributed by atoms with van der Waals surface area (Å²) >= 11 is 0. The van der Waals surface area contributed by atoms with Crippen LogP contribution in [0.3, 0.4) is 0 Å². The number of aromatic hydroxyl groups is 1. The number of rotatable bonds is 3. The fraction of sp³-hybridized carbons (Fsp3) is 0.125. The van der Waals surface area contributed by atoms with Crippen LogP contribution < -0.4 is 5.56 Å². The molecule has 5 nitrogen and oxygen atoms in total. The van der Waals surface area contributed by atoms with Crippen molar-refractivity contribution < 1.29 is 5.11 Å². The Kier molecular flexibility index (Phi) is 4.72. The topological polar surface area (TPSA) is 67.5 Å². The monoisotopic (exact) mass is 383 g/mol. The summed E-state index contributed by atoms with van der Waals surface area (Å²) in [6.45, 7) is 5.95. The van der Waals surface area contributed by atoms with Gasteiger partial charge in [0.25, 0.3) is 5.56 Å². The van der Waals surface area contributed by atoms with Gasteiger partial charge in [0.15, 0.2) is 5.82 Å². The molecule has 0 aliphatic rings. The van der Waals surface area contributed by atoms with E-state index in [9.17, 15) is 9.90 Å². The molecule has 2 aromatic heterocycles. The summed E-state index contributed by atoms with van der Waals surface area (Å²) in [4.78, 5) is 21.8. The van der Waals surface area contributed by atoms with E-state index in [1.807, 2.05) is 69.3 Å². The predicted molar refractivity (Wildman–Crippen MR) is 117 cm³/mol. The second-order valence-corrected chi connectivity index (χ2v) is 7.14. The van der Waals surface area contributed by atoms with Gasteiger partial charge in [0.2, 0.25) is 5.88 Å². The third kappa shape index (κ3) is 3.43. The molecule has 0 amide bonds. The van der Waals surface area contributed by atoms with Crippen molar-refractivity contribution in [3.8, 4) is 11.6 Å². The van der Waals surface area contributed by atoms with Crippen LogP contribution >= 0.6 is 0 Å². The standard InChI is InChI=1S/C24H21N3O2/c1-15-10-11-25-22(12-15)26-14-21-19-6-4-5-7-20(19)23(28)27(24(21)29)18-9-8-16(2)17(3)13-18/h4-14,29H,1-3H3. The first-order valence-electron chi connectivity index (χ1n) is 9.37. The molecule has 0 saturated carbocycles. The van der Waals surface area contributed by atoms with Crippen LogP contribution in [-0.4, -0.2) is 20.9 Å². The Morgan fingerprint density at radius 3 is 2.45 bits per heavy atom. The minimum atomic E-state index is -0.271. The van der Waals surface area contributed by atoms with Gasteiger partial charge in [-0.3, -0.25) is 4.79 Å². The van der Waals surface area contributed by atoms with Crippen molar-refractivity contribution in [1.82, 2.24) is 9.55 Å². The lowest BCUT2D eigenvalue weighted by Gasteiger charge is -2.14. The van der Waals surface area contributed by atoms with Gasteiger partial charge in [0.1, 0.15) is 0 Å². The van der Waals surface area contributed by atoms with E-state index in [4.69, 9.17) is 0 Å². The van der Waals surface area contributed by atoms with Gasteiger partial charge in [-0.05, 0) is 67.8 Å². The fourth-order valence-electron chi connectivity index (χ4n) is 3.32. The Morgan fingerprint density at radius 2 is 1.72 bits per heavy atom. The molecule has 0 aliphatic carbocycles. The molecule has 0 radical (unpaired) electrons. The summed E-state index contributed by atoms with van der Waals surface area (Å²) in [7, 11) is 0. The maximum atomic E-state index is 13.2. The smallest absolute Gasteiger partial charge is 0.265 e. The predicted octanol–water partition coefficient (Wildman–Crippen LogP) is 4.77. The molecular weight excluding hydrogens is 362 g/mol. The molecule has 0 fully saturated rings. The van der Waals surface area contributed by atoms with Gasteiger partial charge in [-0.25, -0.2) is 14.5 Å². The Morgan fingerprint density at radius 1 is 0.966 bits per heavy atom. The van der Waals surface area contributed by atoms with Crippen molar-refractivity contribution in [1.29, 1.82) is 0 Å². The average Bonchev–Trinajstić information content (AvgIpc) is 2.71. The number of aliphatic imine (C=N–C) groups is 1. The van der Waals surface area contributed by atoms with Crippen LogP contribution in [0.25, 0.3) is 16.5 Å². The first kappa shape index (κ1) is 18.6. The minimum absolute atomic E-state index is 0.145. The lowest BCUT2D eigenvalue weighted by Crippen LogP contribution is -2.20. The van der Waals surface area contributed by atoms with E-state index in [1.54, 1.807) is 18.5 Å². The summed E-state index contributed by atoms with van der Waals surface area (Å²) in [5.41, 5.74) is 4.02. The van der Waals surface area contributed by atoms with Crippen molar-refractivity contribution in [3.05, 3.63) is 93.4 Å². The van der Waals surface area contributed by atoms with Gasteiger partial charge in [0, 0.05) is 23.2 Å². The molecule has 0 saturated heterocycles. The molecule has 1 N–H and O–H groups in total. The Bertz CT molecular complexity index is 1320. The second-order valence-electron chi connectivity index (χ2n) is 7.14. The average molecular weight is 383 g/mol. The molecule has 0 unspecified atom stereocenters. The second kappa shape index (κ2) is 7.36. The van der Waals surface area contributed by atoms with E-state index >= 15 is 0 Å². The van der Waals surface area contributed by atoms with Crippen LogP contribution in [0.1, 0.15) is 22.3 Å². The summed E-state index contributed by atoms with van der Waals surface area (Å²) < 4.78 is 1.33. The van der Waals surface area contributed by atoms with Gasteiger partial charge >= 0.3 is 0 Å². The number of fused-ring (bicyclic) bond motifs is 1. The molecule has 2 aromatic carbocycles. The first-order valence-corrected chi connectivity index (χ1v) is 9.37. The molecular formula is C24H21N3O2. The first-order chi connectivity index (χ1) is 14.0. The van der Waals surface area contributed by atoms with E-state index in [0.29, 0.717) is 27.8 Å². The molecule has 0 atom stereocenters. The number of pyridine rings is 2. The zero-order valence-electron chi connectivity index (χ0n) is 16.5. The van der Waals surface area contributed by atoms with Crippen LogP contribution in [0.15, 0.2) is 70.6 Å². The van der Waals surface area contributed by atoms with E-state index in [1.165, 1.54) is 4.57 Å². The molecule has 144 valence electrons. The van der Waals surface area contributed by atoms with Crippen molar-refractivity contribution in [3.63, 3.8) is 0 Å². The van der Waals surface area contributed by atoms with Crippen LogP contribution in [-0.2, 0) is 0 Å². The summed E-state index contributed by atoms with van der Waals surface area (Å²) in [6, 6.07) is 16.6. The third-order valence-electron chi connectivity index (χ3n) is 5.08. The highest BCUT2D eigenvalue weighted by molar-refractivity contribution is 6.02. The van der Waals surface area contributed by atoms with Crippen LogP contribution in [0.5, 0.6) is 5.88 Å². The largest absolute Gasteiger partial charge is 0.494 e. The quantitative estimate of drug-likeness (QED) is 0.518. The number of nitrogens with zero attached hydrogens (tertiary/aromatic N) is 3. The fourth-order valence-corrected chi connectivity index (χ4v) is 3.32. The molecule has 2 heterocycles. The summed E-state index contributed by atoms with van der Waals surface area (Å²) in [5, 5.41) is 12.2. The van der Waals surface area contributed by atoms with Crippen molar-refractivity contribution >= 4 is 22.8 Å². The highest BCUT2D eigenvalue weighted by Gasteiger charge is 2.16. The molecule has 4 rings (SSSR count). The Labute approximate surface area is 168 Å². The van der Waals surface area contributed by atoms with E-state index in [2.05, 4.69) is 9.98 Å². The number of hydrogen-bond acceptors (Lipinski definition) is 4. The maximum Gasteiger partial charge on any atom is 0.265 e. The molecule has 0 spiro atoms. The van der Waals surface area contributed by atoms with Crippen molar-refractivity contribution in [2.75, 3.05) is 0 Å². The van der Waals surface area contributed by atoms with Gasteiger partial charge in [0.05, 0.1) is 11.3 Å². The van der Waals surface area contributed by atoms with Gasteiger partial charge in [-0.15, -0.1) is 0 Å². The molecule has 29 heavy (non-hydrogen) atoms. The summed E-state index contributed by atoms with van der Waals surface area (Å²) in [6.07, 6.45) is 3.26. The molecule has 0 aliphatic heterocycles. The number of aryl methyl sites for hydroxylation is 3. The minimum Gasteiger partial charge on any atom is -0.494 e. The van der Waals surface area contributed by atoms with Crippen LogP contribution in [0.2, 0.25) is 0 Å². The SMILES string of the molecule is Cc1ccnc(N=Cc2c(O)n(-c3ccc(C)c(C)c3)c(=O)c3ccccc23)c1. The maximum absolute atomic E-state index is 13.2. The summed E-state index contributed by atoms with van der Waals surface area (Å²) in [5.74, 6) is 0.394. The lowest BCUT2D eigenvalue weighted by atomic mass is 10.1. The van der Waals surface area contributed by atoms with Gasteiger partial charge in [-0.1, -0.05) is 24.3 Å². The van der Waals surface area contributed by atoms with Crippen LogP contribution in [0.4, 0.5) is 5.82 Å². The Hall–Kier alpha value is -3.73.